The Bertz CT molecular complexity index is 450. The van der Waals surface area contributed by atoms with E-state index in [9.17, 15) is 4.79 Å². The predicted octanol–water partition coefficient (Wildman–Crippen LogP) is 3.19. The molecule has 0 aromatic heterocycles. The number of hydrogen-bond acceptors (Lipinski definition) is 3. The molecule has 1 atom stereocenters. The van der Waals surface area contributed by atoms with Crippen LogP contribution >= 0.6 is 0 Å². The van der Waals surface area contributed by atoms with Crippen LogP contribution in [0.25, 0.3) is 0 Å². The molecule has 1 unspecified atom stereocenters. The monoisotopic (exact) mass is 290 g/mol. The minimum absolute atomic E-state index is 0.136. The Labute approximate surface area is 127 Å². The summed E-state index contributed by atoms with van der Waals surface area (Å²) in [7, 11) is 0. The van der Waals surface area contributed by atoms with Crippen LogP contribution in [0.2, 0.25) is 0 Å². The molecule has 1 aromatic rings. The zero-order chi connectivity index (χ0) is 15.1. The number of ether oxygens (including phenoxy) is 1. The molecule has 1 amide bonds. The summed E-state index contributed by atoms with van der Waals surface area (Å²) in [6.07, 6.45) is 3.87. The molecule has 2 N–H and O–H groups in total. The van der Waals surface area contributed by atoms with E-state index in [1.54, 1.807) is 0 Å². The fourth-order valence-electron chi connectivity index (χ4n) is 2.86. The summed E-state index contributed by atoms with van der Waals surface area (Å²) in [5, 5.41) is 6.37. The molecular weight excluding hydrogens is 264 g/mol. The largest absolute Gasteiger partial charge is 0.494 e. The van der Waals surface area contributed by atoms with E-state index in [0.717, 1.165) is 56.8 Å². The summed E-state index contributed by atoms with van der Waals surface area (Å²) in [5.74, 6) is 0.984. The lowest BCUT2D eigenvalue weighted by Crippen LogP contribution is -2.38. The normalized spacial score (nSPS) is 21.2. The van der Waals surface area contributed by atoms with Gasteiger partial charge in [-0.25, -0.2) is 0 Å². The molecule has 1 aliphatic rings. The van der Waals surface area contributed by atoms with Gasteiger partial charge in [0, 0.05) is 12.2 Å². The molecule has 1 heterocycles. The third kappa shape index (κ3) is 3.97. The molecular formula is C17H26N2O2. The highest BCUT2D eigenvalue weighted by molar-refractivity contribution is 5.95. The lowest BCUT2D eigenvalue weighted by atomic mass is 9.81. The number of hydrogen-bond donors (Lipinski definition) is 2. The highest BCUT2D eigenvalue weighted by atomic mass is 16.5. The number of nitrogens with one attached hydrogen (secondary N) is 2. The predicted molar refractivity (Wildman–Crippen MR) is 85.7 cm³/mol. The lowest BCUT2D eigenvalue weighted by Gasteiger charge is -2.26. The molecule has 0 saturated carbocycles. The minimum Gasteiger partial charge on any atom is -0.494 e. The van der Waals surface area contributed by atoms with Crippen molar-refractivity contribution in [2.75, 3.05) is 25.0 Å². The quantitative estimate of drug-likeness (QED) is 0.811. The van der Waals surface area contributed by atoms with Crippen molar-refractivity contribution < 1.29 is 9.53 Å². The summed E-state index contributed by atoms with van der Waals surface area (Å²) in [4.78, 5) is 12.6. The first-order valence-corrected chi connectivity index (χ1v) is 7.95. The number of carbonyl (C=O) groups is 1. The molecule has 116 valence electrons. The van der Waals surface area contributed by atoms with Gasteiger partial charge in [0.15, 0.2) is 0 Å². The first-order chi connectivity index (χ1) is 10.2. The van der Waals surface area contributed by atoms with E-state index in [2.05, 4.69) is 24.5 Å². The zero-order valence-corrected chi connectivity index (χ0v) is 13.1. The molecule has 1 aliphatic heterocycles. The van der Waals surface area contributed by atoms with E-state index < -0.39 is 0 Å². The van der Waals surface area contributed by atoms with Crippen molar-refractivity contribution in [2.24, 2.45) is 5.41 Å². The van der Waals surface area contributed by atoms with Crippen LogP contribution in [0.1, 0.15) is 39.5 Å². The first kappa shape index (κ1) is 15.8. The smallest absolute Gasteiger partial charge is 0.231 e. The summed E-state index contributed by atoms with van der Waals surface area (Å²) in [5.41, 5.74) is 0.595. The lowest BCUT2D eigenvalue weighted by molar-refractivity contribution is -0.125. The van der Waals surface area contributed by atoms with E-state index in [0.29, 0.717) is 0 Å². The topological polar surface area (TPSA) is 50.4 Å². The standard InChI is InChI=1S/C17H26N2O2/c1-3-9-17(10-11-18-13-17)16(20)19-14-5-7-15(8-6-14)21-12-4-2/h5-8,18H,3-4,9-13H2,1-2H3,(H,19,20). The number of anilines is 1. The van der Waals surface area contributed by atoms with Gasteiger partial charge >= 0.3 is 0 Å². The maximum absolute atomic E-state index is 12.6. The van der Waals surface area contributed by atoms with Crippen molar-refractivity contribution in [3.8, 4) is 5.75 Å². The SMILES string of the molecule is CCCOc1ccc(NC(=O)C2(CCC)CCNC2)cc1. The van der Waals surface area contributed by atoms with E-state index in [1.165, 1.54) is 0 Å². The van der Waals surface area contributed by atoms with Crippen molar-refractivity contribution in [3.05, 3.63) is 24.3 Å². The van der Waals surface area contributed by atoms with Crippen LogP contribution in [0.5, 0.6) is 5.75 Å². The van der Waals surface area contributed by atoms with Gasteiger partial charge < -0.3 is 15.4 Å². The van der Waals surface area contributed by atoms with Gasteiger partial charge in [-0.1, -0.05) is 20.3 Å². The number of rotatable bonds is 7. The Balaban J connectivity index is 1.98. The van der Waals surface area contributed by atoms with Crippen molar-refractivity contribution >= 4 is 11.6 Å². The number of carbonyl (C=O) groups excluding carboxylic acids is 1. The van der Waals surface area contributed by atoms with Crippen molar-refractivity contribution in [1.82, 2.24) is 5.32 Å². The van der Waals surface area contributed by atoms with Crippen molar-refractivity contribution in [3.63, 3.8) is 0 Å². The first-order valence-electron chi connectivity index (χ1n) is 7.95. The van der Waals surface area contributed by atoms with Crippen LogP contribution < -0.4 is 15.4 Å². The molecule has 4 heteroatoms. The van der Waals surface area contributed by atoms with E-state index >= 15 is 0 Å². The number of amides is 1. The van der Waals surface area contributed by atoms with E-state index in [4.69, 9.17) is 4.74 Å². The Morgan fingerprint density at radius 3 is 2.62 bits per heavy atom. The Kier molecular flexibility index (Phi) is 5.62. The third-order valence-electron chi connectivity index (χ3n) is 4.04. The highest BCUT2D eigenvalue weighted by Gasteiger charge is 2.40. The van der Waals surface area contributed by atoms with E-state index in [-0.39, 0.29) is 11.3 Å². The van der Waals surface area contributed by atoms with Gasteiger partial charge in [-0.2, -0.15) is 0 Å². The molecule has 1 fully saturated rings. The van der Waals surface area contributed by atoms with Crippen molar-refractivity contribution in [2.45, 2.75) is 39.5 Å². The molecule has 0 aliphatic carbocycles. The van der Waals surface area contributed by atoms with Crippen LogP contribution in [0, 0.1) is 5.41 Å². The molecule has 1 saturated heterocycles. The van der Waals surface area contributed by atoms with Crippen LogP contribution in [0.15, 0.2) is 24.3 Å². The zero-order valence-electron chi connectivity index (χ0n) is 13.1. The van der Waals surface area contributed by atoms with Gasteiger partial charge in [-0.15, -0.1) is 0 Å². The molecule has 0 radical (unpaired) electrons. The van der Waals surface area contributed by atoms with Gasteiger partial charge in [-0.3, -0.25) is 4.79 Å². The molecule has 21 heavy (non-hydrogen) atoms. The minimum atomic E-state index is -0.244. The molecule has 1 aromatic carbocycles. The second-order valence-corrected chi connectivity index (χ2v) is 5.78. The fraction of sp³-hybridized carbons (Fsp3) is 0.588. The second-order valence-electron chi connectivity index (χ2n) is 5.78. The summed E-state index contributed by atoms with van der Waals surface area (Å²) in [6.45, 7) is 6.64. The maximum Gasteiger partial charge on any atom is 0.231 e. The van der Waals surface area contributed by atoms with Crippen molar-refractivity contribution in [1.29, 1.82) is 0 Å². The molecule has 0 spiro atoms. The van der Waals surface area contributed by atoms with E-state index in [1.807, 2.05) is 24.3 Å². The fourth-order valence-corrected chi connectivity index (χ4v) is 2.86. The van der Waals surface area contributed by atoms with Crippen LogP contribution in [0.4, 0.5) is 5.69 Å². The van der Waals surface area contributed by atoms with Gasteiger partial charge in [0.2, 0.25) is 5.91 Å². The van der Waals surface area contributed by atoms with Gasteiger partial charge in [0.25, 0.3) is 0 Å². The number of benzene rings is 1. The molecule has 0 bridgehead atoms. The van der Waals surface area contributed by atoms with Gasteiger partial charge in [0.1, 0.15) is 5.75 Å². The highest BCUT2D eigenvalue weighted by Crippen LogP contribution is 2.32. The van der Waals surface area contributed by atoms with Crippen LogP contribution in [-0.2, 0) is 4.79 Å². The summed E-state index contributed by atoms with van der Waals surface area (Å²) >= 11 is 0. The van der Waals surface area contributed by atoms with Gasteiger partial charge in [-0.05, 0) is 50.1 Å². The molecule has 4 nitrogen and oxygen atoms in total. The average Bonchev–Trinajstić information content (AvgIpc) is 2.97. The summed E-state index contributed by atoms with van der Waals surface area (Å²) in [6, 6.07) is 7.63. The average molecular weight is 290 g/mol. The van der Waals surface area contributed by atoms with Crippen LogP contribution in [-0.4, -0.2) is 25.6 Å². The molecule has 2 rings (SSSR count). The third-order valence-corrected chi connectivity index (χ3v) is 4.04. The Morgan fingerprint density at radius 2 is 2.05 bits per heavy atom. The second kappa shape index (κ2) is 7.46. The van der Waals surface area contributed by atoms with Crippen LogP contribution in [0.3, 0.4) is 0 Å². The Hall–Kier alpha value is -1.55. The van der Waals surface area contributed by atoms with Gasteiger partial charge in [0.05, 0.1) is 12.0 Å². The summed E-state index contributed by atoms with van der Waals surface area (Å²) < 4.78 is 5.55. The Morgan fingerprint density at radius 1 is 1.29 bits per heavy atom. The maximum atomic E-state index is 12.6.